The number of carboxylic acids is 1. The fourth-order valence-corrected chi connectivity index (χ4v) is 1.60. The molecule has 2 heterocycles. The molecule has 0 aromatic carbocycles. The van der Waals surface area contributed by atoms with Gasteiger partial charge in [0.25, 0.3) is 0 Å². The quantitative estimate of drug-likeness (QED) is 0.738. The van der Waals surface area contributed by atoms with Crippen LogP contribution in [-0.2, 0) is 4.79 Å². The van der Waals surface area contributed by atoms with E-state index in [4.69, 9.17) is 5.11 Å². The van der Waals surface area contributed by atoms with Crippen LogP contribution in [0.25, 0.3) is 5.52 Å². The summed E-state index contributed by atoms with van der Waals surface area (Å²) >= 11 is 0. The number of fused-ring (bicyclic) bond motifs is 1. The number of hydrogen-bond donors (Lipinski definition) is 2. The third kappa shape index (κ3) is 2.93. The van der Waals surface area contributed by atoms with Crippen molar-refractivity contribution in [1.82, 2.24) is 14.6 Å². The molecule has 0 bridgehead atoms. The SMILES string of the molecule is O=C(O)CCCCNc1nccn2nccc12. The summed E-state index contributed by atoms with van der Waals surface area (Å²) in [6.07, 6.45) is 6.87. The Bertz CT molecular complexity index is 509. The molecule has 0 saturated carbocycles. The van der Waals surface area contributed by atoms with E-state index < -0.39 is 5.97 Å². The average Bonchev–Trinajstić information content (AvgIpc) is 2.77. The molecule has 0 radical (unpaired) electrons. The molecule has 0 aliphatic heterocycles. The van der Waals surface area contributed by atoms with E-state index in [1.807, 2.05) is 6.07 Å². The second kappa shape index (κ2) is 5.29. The van der Waals surface area contributed by atoms with Gasteiger partial charge in [-0.05, 0) is 18.9 Å². The van der Waals surface area contributed by atoms with Crippen LogP contribution in [0.3, 0.4) is 0 Å². The van der Waals surface area contributed by atoms with Gasteiger partial charge in [0, 0.05) is 25.4 Å². The Morgan fingerprint density at radius 3 is 3.12 bits per heavy atom. The molecule has 0 aliphatic carbocycles. The number of anilines is 1. The van der Waals surface area contributed by atoms with Crippen molar-refractivity contribution >= 4 is 17.3 Å². The van der Waals surface area contributed by atoms with E-state index in [0.29, 0.717) is 13.0 Å². The highest BCUT2D eigenvalue weighted by Crippen LogP contribution is 2.12. The summed E-state index contributed by atoms with van der Waals surface area (Å²) in [5, 5.41) is 15.8. The van der Waals surface area contributed by atoms with Crippen molar-refractivity contribution in [2.24, 2.45) is 0 Å². The molecule has 0 amide bonds. The lowest BCUT2D eigenvalue weighted by Gasteiger charge is -2.05. The van der Waals surface area contributed by atoms with E-state index in [1.54, 1.807) is 23.1 Å². The number of nitrogens with zero attached hydrogens (tertiary/aromatic N) is 3. The molecule has 90 valence electrons. The van der Waals surface area contributed by atoms with Crippen LogP contribution in [0.15, 0.2) is 24.7 Å². The minimum Gasteiger partial charge on any atom is -0.481 e. The van der Waals surface area contributed by atoms with Gasteiger partial charge in [0.05, 0.1) is 6.20 Å². The minimum atomic E-state index is -0.749. The standard InChI is InChI=1S/C11H14N4O2/c16-10(17)3-1-2-5-12-11-9-4-6-14-15(9)8-7-13-11/h4,6-8H,1-3,5H2,(H,12,13)(H,16,17). The fraction of sp³-hybridized carbons (Fsp3) is 0.364. The number of unbranched alkanes of at least 4 members (excludes halogenated alkanes) is 1. The number of carboxylic acid groups (broad SMARTS) is 1. The summed E-state index contributed by atoms with van der Waals surface area (Å²) < 4.78 is 1.74. The van der Waals surface area contributed by atoms with Crippen LogP contribution in [0.5, 0.6) is 0 Å². The Labute approximate surface area is 98.3 Å². The van der Waals surface area contributed by atoms with Crippen LogP contribution in [-0.4, -0.2) is 32.2 Å². The summed E-state index contributed by atoms with van der Waals surface area (Å²) in [4.78, 5) is 14.6. The van der Waals surface area contributed by atoms with Gasteiger partial charge in [-0.3, -0.25) is 4.79 Å². The van der Waals surface area contributed by atoms with Gasteiger partial charge in [0.1, 0.15) is 5.52 Å². The zero-order chi connectivity index (χ0) is 12.1. The zero-order valence-electron chi connectivity index (χ0n) is 9.33. The Morgan fingerprint density at radius 2 is 2.29 bits per heavy atom. The van der Waals surface area contributed by atoms with Crippen LogP contribution < -0.4 is 5.32 Å². The summed E-state index contributed by atoms with van der Waals surface area (Å²) in [7, 11) is 0. The fourth-order valence-electron chi connectivity index (χ4n) is 1.60. The van der Waals surface area contributed by atoms with E-state index >= 15 is 0 Å². The van der Waals surface area contributed by atoms with Gasteiger partial charge in [-0.25, -0.2) is 9.50 Å². The third-order valence-corrected chi connectivity index (χ3v) is 2.43. The molecule has 0 spiro atoms. The van der Waals surface area contributed by atoms with Crippen molar-refractivity contribution in [2.45, 2.75) is 19.3 Å². The predicted octanol–water partition coefficient (Wildman–Crippen LogP) is 1.40. The first kappa shape index (κ1) is 11.4. The molecule has 2 N–H and O–H groups in total. The summed E-state index contributed by atoms with van der Waals surface area (Å²) in [6, 6.07) is 1.88. The molecule has 2 rings (SSSR count). The minimum absolute atomic E-state index is 0.214. The highest BCUT2D eigenvalue weighted by molar-refractivity contribution is 5.67. The average molecular weight is 234 g/mol. The highest BCUT2D eigenvalue weighted by Gasteiger charge is 2.02. The lowest BCUT2D eigenvalue weighted by atomic mass is 10.2. The first-order valence-corrected chi connectivity index (χ1v) is 5.51. The van der Waals surface area contributed by atoms with E-state index in [-0.39, 0.29) is 6.42 Å². The molecule has 0 saturated heterocycles. The maximum Gasteiger partial charge on any atom is 0.303 e. The molecule has 6 nitrogen and oxygen atoms in total. The summed E-state index contributed by atoms with van der Waals surface area (Å²) in [6.45, 7) is 0.713. The van der Waals surface area contributed by atoms with Crippen molar-refractivity contribution in [3.63, 3.8) is 0 Å². The summed E-state index contributed by atoms with van der Waals surface area (Å²) in [5.74, 6) is 0.0290. The van der Waals surface area contributed by atoms with Crippen LogP contribution in [0.4, 0.5) is 5.82 Å². The van der Waals surface area contributed by atoms with Gasteiger partial charge >= 0.3 is 5.97 Å². The molecule has 0 aliphatic rings. The van der Waals surface area contributed by atoms with Gasteiger partial charge < -0.3 is 10.4 Å². The smallest absolute Gasteiger partial charge is 0.303 e. The Balaban J connectivity index is 1.86. The van der Waals surface area contributed by atoms with E-state index in [1.165, 1.54) is 0 Å². The van der Waals surface area contributed by atoms with Crippen molar-refractivity contribution < 1.29 is 9.90 Å². The zero-order valence-corrected chi connectivity index (χ0v) is 9.33. The molecule has 2 aromatic heterocycles. The number of aliphatic carboxylic acids is 1. The first-order chi connectivity index (χ1) is 8.27. The maximum absolute atomic E-state index is 10.3. The van der Waals surface area contributed by atoms with Crippen LogP contribution in [0, 0.1) is 0 Å². The van der Waals surface area contributed by atoms with E-state index in [0.717, 1.165) is 17.8 Å². The van der Waals surface area contributed by atoms with Crippen molar-refractivity contribution in [3.05, 3.63) is 24.7 Å². The number of hydrogen-bond acceptors (Lipinski definition) is 4. The van der Waals surface area contributed by atoms with Gasteiger partial charge in [0.2, 0.25) is 0 Å². The molecule has 2 aromatic rings. The lowest BCUT2D eigenvalue weighted by molar-refractivity contribution is -0.137. The van der Waals surface area contributed by atoms with Gasteiger partial charge in [0.15, 0.2) is 5.82 Å². The molecule has 0 unspecified atom stereocenters. The lowest BCUT2D eigenvalue weighted by Crippen LogP contribution is -2.06. The third-order valence-electron chi connectivity index (χ3n) is 2.43. The topological polar surface area (TPSA) is 79.5 Å². The maximum atomic E-state index is 10.3. The largest absolute Gasteiger partial charge is 0.481 e. The van der Waals surface area contributed by atoms with E-state index in [9.17, 15) is 4.79 Å². The monoisotopic (exact) mass is 234 g/mol. The molecule has 6 heteroatoms. The second-order valence-corrected chi connectivity index (χ2v) is 3.71. The van der Waals surface area contributed by atoms with Crippen LogP contribution >= 0.6 is 0 Å². The van der Waals surface area contributed by atoms with Crippen LogP contribution in [0.2, 0.25) is 0 Å². The Kier molecular flexibility index (Phi) is 3.54. The number of carbonyl (C=O) groups is 1. The van der Waals surface area contributed by atoms with Crippen molar-refractivity contribution in [2.75, 3.05) is 11.9 Å². The van der Waals surface area contributed by atoms with E-state index in [2.05, 4.69) is 15.4 Å². The molecular formula is C11H14N4O2. The first-order valence-electron chi connectivity index (χ1n) is 5.51. The van der Waals surface area contributed by atoms with Crippen molar-refractivity contribution in [3.8, 4) is 0 Å². The number of rotatable bonds is 6. The van der Waals surface area contributed by atoms with Crippen molar-refractivity contribution in [1.29, 1.82) is 0 Å². The molecule has 17 heavy (non-hydrogen) atoms. The molecule has 0 fully saturated rings. The van der Waals surface area contributed by atoms with Crippen LogP contribution in [0.1, 0.15) is 19.3 Å². The predicted molar refractivity (Wildman–Crippen MR) is 63.0 cm³/mol. The van der Waals surface area contributed by atoms with Gasteiger partial charge in [-0.1, -0.05) is 0 Å². The van der Waals surface area contributed by atoms with Gasteiger partial charge in [-0.15, -0.1) is 0 Å². The normalized spacial score (nSPS) is 10.6. The number of aromatic nitrogens is 3. The van der Waals surface area contributed by atoms with Gasteiger partial charge in [-0.2, -0.15) is 5.10 Å². The molecule has 0 atom stereocenters. The highest BCUT2D eigenvalue weighted by atomic mass is 16.4. The molecular weight excluding hydrogens is 220 g/mol. The second-order valence-electron chi connectivity index (χ2n) is 3.71. The number of nitrogens with one attached hydrogen (secondary N) is 1. The Morgan fingerprint density at radius 1 is 1.41 bits per heavy atom. The summed E-state index contributed by atoms with van der Waals surface area (Å²) in [5.41, 5.74) is 0.922. The Hall–Kier alpha value is -2.11.